The van der Waals surface area contributed by atoms with E-state index < -0.39 is 10.0 Å². The third-order valence-electron chi connectivity index (χ3n) is 3.68. The average Bonchev–Trinajstić information content (AvgIpc) is 2.92. The smallest absolute Gasteiger partial charge is 0.208 e. The molecule has 0 spiro atoms. The molecule has 0 amide bonds. The first kappa shape index (κ1) is 23.4. The second-order valence-electron chi connectivity index (χ2n) is 5.99. The fourth-order valence-corrected chi connectivity index (χ4v) is 3.03. The zero-order valence-electron chi connectivity index (χ0n) is 16.0. The second-order valence-corrected chi connectivity index (χ2v) is 7.82. The number of aliphatic imine (C=N–C) groups is 1. The molecule has 0 aliphatic rings. The lowest BCUT2D eigenvalue weighted by molar-refractivity contribution is 0.586. The van der Waals surface area contributed by atoms with E-state index in [4.69, 9.17) is 0 Å². The predicted octanol–water partition coefficient (Wildman–Crippen LogP) is 1.32. The van der Waals surface area contributed by atoms with Gasteiger partial charge >= 0.3 is 0 Å². The van der Waals surface area contributed by atoms with Gasteiger partial charge in [0.15, 0.2) is 5.96 Å². The number of sulfonamides is 1. The zero-order valence-corrected chi connectivity index (χ0v) is 19.1. The number of nitrogens with zero attached hydrogens (tertiary/aromatic N) is 3. The van der Waals surface area contributed by atoms with Crippen LogP contribution in [0.25, 0.3) is 5.69 Å². The second kappa shape index (κ2) is 10.6. The number of halogens is 1. The topological polar surface area (TPSA) is 100 Å². The lowest BCUT2D eigenvalue weighted by atomic mass is 10.1. The molecule has 10 heteroatoms. The summed E-state index contributed by atoms with van der Waals surface area (Å²) in [5, 5.41) is 10.9. The van der Waals surface area contributed by atoms with Gasteiger partial charge in [-0.25, -0.2) is 17.8 Å². The molecule has 1 aromatic carbocycles. The van der Waals surface area contributed by atoms with E-state index in [-0.39, 0.29) is 24.0 Å². The fraction of sp³-hybridized carbons (Fsp3) is 0.412. The average molecular weight is 506 g/mol. The standard InChI is InChI=1S/C17H26N6O2S.HI/c1-13-11-14(2)23(22-13)16-8-6-5-7-15(16)12-20-17(18-3)19-9-10-21-26(4,24)25;/h5-8,11,21H,9-10,12H2,1-4H3,(H2,18,19,20);1H. The van der Waals surface area contributed by atoms with Gasteiger partial charge in [-0.15, -0.1) is 24.0 Å². The molecule has 0 atom stereocenters. The van der Waals surface area contributed by atoms with E-state index in [1.165, 1.54) is 0 Å². The molecule has 1 heterocycles. The first-order chi connectivity index (χ1) is 12.3. The minimum Gasteiger partial charge on any atom is -0.355 e. The van der Waals surface area contributed by atoms with Crippen molar-refractivity contribution in [3.8, 4) is 5.69 Å². The summed E-state index contributed by atoms with van der Waals surface area (Å²) in [5.41, 5.74) is 4.14. The number of benzene rings is 1. The van der Waals surface area contributed by atoms with Gasteiger partial charge in [0, 0.05) is 32.4 Å². The molecule has 3 N–H and O–H groups in total. The van der Waals surface area contributed by atoms with Crippen LogP contribution in [0.1, 0.15) is 17.0 Å². The number of nitrogens with one attached hydrogen (secondary N) is 3. The minimum atomic E-state index is -3.18. The van der Waals surface area contributed by atoms with Crippen molar-refractivity contribution in [3.05, 3.63) is 47.3 Å². The van der Waals surface area contributed by atoms with Crippen LogP contribution < -0.4 is 15.4 Å². The number of guanidine groups is 1. The monoisotopic (exact) mass is 506 g/mol. The van der Waals surface area contributed by atoms with Crippen molar-refractivity contribution < 1.29 is 8.42 Å². The molecular weight excluding hydrogens is 479 g/mol. The Morgan fingerprint density at radius 2 is 1.89 bits per heavy atom. The molecular formula is C17H27IN6O2S. The summed E-state index contributed by atoms with van der Waals surface area (Å²) < 4.78 is 26.5. The maximum absolute atomic E-state index is 11.1. The minimum absolute atomic E-state index is 0. The van der Waals surface area contributed by atoms with E-state index in [2.05, 4.69) is 25.4 Å². The maximum Gasteiger partial charge on any atom is 0.208 e. The molecule has 0 aliphatic carbocycles. The number of para-hydroxylation sites is 1. The Kier molecular flexibility index (Phi) is 9.19. The highest BCUT2D eigenvalue weighted by atomic mass is 127. The van der Waals surface area contributed by atoms with Crippen LogP contribution in [0.5, 0.6) is 0 Å². The van der Waals surface area contributed by atoms with Gasteiger partial charge in [0.25, 0.3) is 0 Å². The van der Waals surface area contributed by atoms with Crippen LogP contribution in [0.4, 0.5) is 0 Å². The summed E-state index contributed by atoms with van der Waals surface area (Å²) in [5.74, 6) is 0.600. The lowest BCUT2D eigenvalue weighted by Gasteiger charge is -2.15. The molecule has 0 fully saturated rings. The Labute approximate surface area is 177 Å². The zero-order chi connectivity index (χ0) is 19.2. The van der Waals surface area contributed by atoms with Gasteiger partial charge in [0.2, 0.25) is 10.0 Å². The fourth-order valence-electron chi connectivity index (χ4n) is 2.56. The van der Waals surface area contributed by atoms with Crippen LogP contribution in [0, 0.1) is 13.8 Å². The van der Waals surface area contributed by atoms with E-state index >= 15 is 0 Å². The van der Waals surface area contributed by atoms with Crippen LogP contribution in [0.3, 0.4) is 0 Å². The van der Waals surface area contributed by atoms with Gasteiger partial charge in [-0.2, -0.15) is 5.10 Å². The molecule has 0 bridgehead atoms. The van der Waals surface area contributed by atoms with Gasteiger partial charge in [-0.3, -0.25) is 4.99 Å². The number of hydrogen-bond donors (Lipinski definition) is 3. The van der Waals surface area contributed by atoms with Crippen LogP contribution in [-0.4, -0.2) is 50.6 Å². The van der Waals surface area contributed by atoms with Gasteiger partial charge in [0.05, 0.1) is 17.6 Å². The van der Waals surface area contributed by atoms with Crippen molar-refractivity contribution in [2.75, 3.05) is 26.4 Å². The number of aryl methyl sites for hydroxylation is 2. The van der Waals surface area contributed by atoms with Crippen LogP contribution in [0.15, 0.2) is 35.3 Å². The Morgan fingerprint density at radius 3 is 2.48 bits per heavy atom. The van der Waals surface area contributed by atoms with E-state index in [1.54, 1.807) is 7.05 Å². The molecule has 27 heavy (non-hydrogen) atoms. The molecule has 0 radical (unpaired) electrons. The molecule has 2 aromatic rings. The first-order valence-corrected chi connectivity index (χ1v) is 10.2. The van der Waals surface area contributed by atoms with Crippen molar-refractivity contribution in [1.82, 2.24) is 25.1 Å². The van der Waals surface area contributed by atoms with Gasteiger partial charge in [-0.1, -0.05) is 18.2 Å². The quantitative estimate of drug-likeness (QED) is 0.228. The summed E-state index contributed by atoms with van der Waals surface area (Å²) in [4.78, 5) is 4.16. The molecule has 0 unspecified atom stereocenters. The van der Waals surface area contributed by atoms with E-state index in [1.807, 2.05) is 48.9 Å². The summed E-state index contributed by atoms with van der Waals surface area (Å²) in [6.45, 7) is 5.29. The molecule has 0 aliphatic heterocycles. The molecule has 2 rings (SSSR count). The molecule has 0 saturated heterocycles. The molecule has 150 valence electrons. The number of hydrogen-bond acceptors (Lipinski definition) is 4. The molecule has 1 aromatic heterocycles. The van der Waals surface area contributed by atoms with Crippen molar-refractivity contribution in [2.45, 2.75) is 20.4 Å². The third-order valence-corrected chi connectivity index (χ3v) is 4.41. The summed E-state index contributed by atoms with van der Waals surface area (Å²) in [7, 11) is -1.51. The van der Waals surface area contributed by atoms with Crippen LogP contribution in [0.2, 0.25) is 0 Å². The Morgan fingerprint density at radius 1 is 1.19 bits per heavy atom. The lowest BCUT2D eigenvalue weighted by Crippen LogP contribution is -2.41. The highest BCUT2D eigenvalue weighted by Crippen LogP contribution is 2.16. The first-order valence-electron chi connectivity index (χ1n) is 8.31. The molecule has 0 saturated carbocycles. The number of rotatable bonds is 7. The van der Waals surface area contributed by atoms with Crippen molar-refractivity contribution in [2.24, 2.45) is 4.99 Å². The van der Waals surface area contributed by atoms with E-state index in [0.29, 0.717) is 25.6 Å². The highest BCUT2D eigenvalue weighted by molar-refractivity contribution is 14.0. The van der Waals surface area contributed by atoms with Crippen molar-refractivity contribution in [1.29, 1.82) is 0 Å². The highest BCUT2D eigenvalue weighted by Gasteiger charge is 2.09. The third kappa shape index (κ3) is 7.46. The van der Waals surface area contributed by atoms with Crippen molar-refractivity contribution in [3.63, 3.8) is 0 Å². The Hall–Kier alpha value is -1.66. The van der Waals surface area contributed by atoms with Gasteiger partial charge in [0.1, 0.15) is 0 Å². The normalized spacial score (nSPS) is 11.8. The van der Waals surface area contributed by atoms with E-state index in [9.17, 15) is 8.42 Å². The van der Waals surface area contributed by atoms with Gasteiger partial charge in [-0.05, 0) is 31.5 Å². The number of aromatic nitrogens is 2. The molecule has 8 nitrogen and oxygen atoms in total. The van der Waals surface area contributed by atoms with Crippen LogP contribution >= 0.6 is 24.0 Å². The van der Waals surface area contributed by atoms with Crippen LogP contribution in [-0.2, 0) is 16.6 Å². The van der Waals surface area contributed by atoms with Crippen molar-refractivity contribution >= 4 is 40.0 Å². The predicted molar refractivity (Wildman–Crippen MR) is 120 cm³/mol. The summed E-state index contributed by atoms with van der Waals surface area (Å²) in [6, 6.07) is 10.1. The Bertz CT molecular complexity index is 879. The van der Waals surface area contributed by atoms with Gasteiger partial charge < -0.3 is 10.6 Å². The van der Waals surface area contributed by atoms with E-state index in [0.717, 1.165) is 28.9 Å². The Balaban J connectivity index is 0.00000364. The largest absolute Gasteiger partial charge is 0.355 e. The maximum atomic E-state index is 11.1. The summed E-state index contributed by atoms with van der Waals surface area (Å²) in [6.07, 6.45) is 1.13. The summed E-state index contributed by atoms with van der Waals surface area (Å²) >= 11 is 0. The SMILES string of the molecule is CN=C(NCCNS(C)(=O)=O)NCc1ccccc1-n1nc(C)cc1C.I.